The number of hydrogen-bond donors (Lipinski definition) is 0. The number of thiazole rings is 1. The Labute approximate surface area is 228 Å². The van der Waals surface area contributed by atoms with Crippen molar-refractivity contribution in [2.75, 3.05) is 13.2 Å². The SMILES string of the molecule is CCOC(=O)C1=C(C)N=c2s/c(=C/c3ccc(-c4ccc(C(=O)OCC)cc4)o3)c(=O)n2C1c1ccccc1. The fourth-order valence-corrected chi connectivity index (χ4v) is 5.47. The predicted molar refractivity (Wildman–Crippen MR) is 147 cm³/mol. The van der Waals surface area contributed by atoms with Crippen LogP contribution in [0.2, 0.25) is 0 Å². The Kier molecular flexibility index (Phi) is 7.42. The average Bonchev–Trinajstić information content (AvgIpc) is 3.53. The summed E-state index contributed by atoms with van der Waals surface area (Å²) < 4.78 is 18.3. The molecule has 9 heteroatoms. The summed E-state index contributed by atoms with van der Waals surface area (Å²) in [6.45, 7) is 5.78. The van der Waals surface area contributed by atoms with E-state index in [1.807, 2.05) is 30.3 Å². The monoisotopic (exact) mass is 542 g/mol. The fraction of sp³-hybridized carbons (Fsp3) is 0.200. The molecule has 198 valence electrons. The highest BCUT2D eigenvalue weighted by Gasteiger charge is 2.33. The van der Waals surface area contributed by atoms with Crippen molar-refractivity contribution in [1.82, 2.24) is 4.57 Å². The van der Waals surface area contributed by atoms with Crippen LogP contribution in [0.15, 0.2) is 92.2 Å². The molecule has 5 rings (SSSR count). The minimum atomic E-state index is -0.659. The Hall–Kier alpha value is -4.50. The second kappa shape index (κ2) is 11.1. The zero-order valence-electron chi connectivity index (χ0n) is 21.7. The summed E-state index contributed by atoms with van der Waals surface area (Å²) in [5, 5.41) is 0. The summed E-state index contributed by atoms with van der Waals surface area (Å²) >= 11 is 1.23. The van der Waals surface area contributed by atoms with Gasteiger partial charge >= 0.3 is 11.9 Å². The van der Waals surface area contributed by atoms with E-state index in [4.69, 9.17) is 13.9 Å². The largest absolute Gasteiger partial charge is 0.463 e. The molecule has 1 aliphatic rings. The summed E-state index contributed by atoms with van der Waals surface area (Å²) in [5.41, 5.74) is 2.60. The number of aromatic nitrogens is 1. The van der Waals surface area contributed by atoms with Crippen LogP contribution < -0.4 is 14.9 Å². The highest BCUT2D eigenvalue weighted by Crippen LogP contribution is 2.30. The standard InChI is InChI=1S/C30H26N2O6S/c1-4-36-28(34)21-13-11-19(12-14-21)23-16-15-22(38-23)17-24-27(33)32-26(20-9-7-6-8-10-20)25(29(35)37-5-2)18(3)31-30(32)39-24/h6-17,26H,4-5H2,1-3H3/b24-17+. The van der Waals surface area contributed by atoms with E-state index in [1.165, 1.54) is 11.3 Å². The number of hydrogen-bond acceptors (Lipinski definition) is 8. The van der Waals surface area contributed by atoms with E-state index in [2.05, 4.69) is 4.99 Å². The quantitative estimate of drug-likeness (QED) is 0.324. The number of furan rings is 1. The molecule has 2 aromatic carbocycles. The van der Waals surface area contributed by atoms with Crippen molar-refractivity contribution in [3.8, 4) is 11.3 Å². The molecule has 0 radical (unpaired) electrons. The number of carbonyl (C=O) groups excluding carboxylic acids is 2. The molecule has 0 aliphatic carbocycles. The maximum atomic E-state index is 13.7. The van der Waals surface area contributed by atoms with Crippen LogP contribution in [0.1, 0.15) is 48.5 Å². The van der Waals surface area contributed by atoms with Gasteiger partial charge in [-0.25, -0.2) is 14.6 Å². The van der Waals surface area contributed by atoms with Crippen molar-refractivity contribution in [2.45, 2.75) is 26.8 Å². The van der Waals surface area contributed by atoms with Crippen LogP contribution >= 0.6 is 11.3 Å². The van der Waals surface area contributed by atoms with Gasteiger partial charge in [0.05, 0.1) is 40.6 Å². The second-order valence-electron chi connectivity index (χ2n) is 8.71. The highest BCUT2D eigenvalue weighted by atomic mass is 32.1. The van der Waals surface area contributed by atoms with E-state index in [9.17, 15) is 14.4 Å². The van der Waals surface area contributed by atoms with Gasteiger partial charge in [-0.1, -0.05) is 53.8 Å². The molecule has 3 heterocycles. The number of ether oxygens (including phenoxy) is 2. The molecule has 0 saturated heterocycles. The van der Waals surface area contributed by atoms with Gasteiger partial charge in [0.15, 0.2) is 4.80 Å². The van der Waals surface area contributed by atoms with Gasteiger partial charge in [0.2, 0.25) is 0 Å². The number of allylic oxidation sites excluding steroid dienone is 1. The number of rotatable bonds is 7. The fourth-order valence-electron chi connectivity index (χ4n) is 4.44. The van der Waals surface area contributed by atoms with E-state index < -0.39 is 12.0 Å². The Bertz CT molecular complexity index is 1740. The number of nitrogens with zero attached hydrogens (tertiary/aromatic N) is 2. The molecule has 4 aromatic rings. The van der Waals surface area contributed by atoms with E-state index in [-0.39, 0.29) is 18.1 Å². The number of benzene rings is 2. The van der Waals surface area contributed by atoms with Crippen molar-refractivity contribution >= 4 is 29.4 Å². The van der Waals surface area contributed by atoms with Crippen molar-refractivity contribution in [2.24, 2.45) is 4.99 Å². The van der Waals surface area contributed by atoms with Gasteiger partial charge in [-0.2, -0.15) is 0 Å². The molecule has 2 aromatic heterocycles. The number of carbonyl (C=O) groups is 2. The molecule has 1 unspecified atom stereocenters. The summed E-state index contributed by atoms with van der Waals surface area (Å²) in [5.74, 6) is 0.204. The molecular formula is C30H26N2O6S. The van der Waals surface area contributed by atoms with Gasteiger partial charge < -0.3 is 13.9 Å². The van der Waals surface area contributed by atoms with Crippen molar-refractivity contribution < 1.29 is 23.5 Å². The molecule has 1 aliphatic heterocycles. The molecular weight excluding hydrogens is 516 g/mol. The third-order valence-corrected chi connectivity index (χ3v) is 7.20. The lowest BCUT2D eigenvalue weighted by Gasteiger charge is -2.24. The molecule has 0 spiro atoms. The van der Waals surface area contributed by atoms with Gasteiger partial charge in [0.25, 0.3) is 5.56 Å². The minimum Gasteiger partial charge on any atom is -0.463 e. The van der Waals surface area contributed by atoms with Crippen molar-refractivity contribution in [3.63, 3.8) is 0 Å². The molecule has 0 amide bonds. The summed E-state index contributed by atoms with van der Waals surface area (Å²) in [6, 6.07) is 19.2. The molecule has 8 nitrogen and oxygen atoms in total. The first-order valence-electron chi connectivity index (χ1n) is 12.5. The van der Waals surface area contributed by atoms with E-state index in [1.54, 1.807) is 67.8 Å². The van der Waals surface area contributed by atoms with Crippen LogP contribution in [0, 0.1) is 0 Å². The molecule has 0 saturated carbocycles. The smallest absolute Gasteiger partial charge is 0.338 e. The van der Waals surface area contributed by atoms with Gasteiger partial charge in [-0.15, -0.1) is 0 Å². The zero-order chi connectivity index (χ0) is 27.5. The lowest BCUT2D eigenvalue weighted by Crippen LogP contribution is -2.39. The topological polar surface area (TPSA) is 100 Å². The predicted octanol–water partition coefficient (Wildman–Crippen LogP) is 4.24. The summed E-state index contributed by atoms with van der Waals surface area (Å²) in [4.78, 5) is 43.6. The van der Waals surface area contributed by atoms with E-state index in [0.717, 1.165) is 11.1 Å². The lowest BCUT2D eigenvalue weighted by molar-refractivity contribution is -0.139. The molecule has 0 fully saturated rings. The first-order valence-corrected chi connectivity index (χ1v) is 13.3. The summed E-state index contributed by atoms with van der Waals surface area (Å²) in [7, 11) is 0. The first-order chi connectivity index (χ1) is 18.9. The molecule has 1 atom stereocenters. The van der Waals surface area contributed by atoms with Crippen LogP contribution in [0.25, 0.3) is 17.4 Å². The maximum absolute atomic E-state index is 13.7. The van der Waals surface area contributed by atoms with Crippen LogP contribution in [-0.4, -0.2) is 29.7 Å². The van der Waals surface area contributed by atoms with Crippen LogP contribution in [-0.2, 0) is 14.3 Å². The number of fused-ring (bicyclic) bond motifs is 1. The van der Waals surface area contributed by atoms with Gasteiger partial charge in [-0.3, -0.25) is 9.36 Å². The van der Waals surface area contributed by atoms with Crippen molar-refractivity contribution in [3.05, 3.63) is 115 Å². The Morgan fingerprint density at radius 3 is 2.36 bits per heavy atom. The van der Waals surface area contributed by atoms with Gasteiger partial charge in [0.1, 0.15) is 11.5 Å². The van der Waals surface area contributed by atoms with E-state index >= 15 is 0 Å². The van der Waals surface area contributed by atoms with E-state index in [0.29, 0.717) is 44.3 Å². The Morgan fingerprint density at radius 1 is 0.974 bits per heavy atom. The maximum Gasteiger partial charge on any atom is 0.338 e. The molecule has 0 N–H and O–H groups in total. The zero-order valence-corrected chi connectivity index (χ0v) is 22.5. The van der Waals surface area contributed by atoms with Crippen molar-refractivity contribution in [1.29, 1.82) is 0 Å². The lowest BCUT2D eigenvalue weighted by atomic mass is 9.96. The first kappa shape index (κ1) is 26.1. The third kappa shape index (κ3) is 5.13. The number of esters is 2. The average molecular weight is 543 g/mol. The minimum absolute atomic E-state index is 0.216. The Balaban J connectivity index is 1.53. The van der Waals surface area contributed by atoms with Gasteiger partial charge in [0, 0.05) is 11.6 Å². The molecule has 39 heavy (non-hydrogen) atoms. The van der Waals surface area contributed by atoms with Crippen LogP contribution in [0.4, 0.5) is 0 Å². The highest BCUT2D eigenvalue weighted by molar-refractivity contribution is 7.07. The van der Waals surface area contributed by atoms with Gasteiger partial charge in [-0.05, 0) is 50.6 Å². The Morgan fingerprint density at radius 2 is 1.67 bits per heavy atom. The van der Waals surface area contributed by atoms with Crippen LogP contribution in [0.3, 0.4) is 0 Å². The normalized spacial score (nSPS) is 15.1. The second-order valence-corrected chi connectivity index (χ2v) is 9.72. The molecule has 0 bridgehead atoms. The summed E-state index contributed by atoms with van der Waals surface area (Å²) in [6.07, 6.45) is 1.67. The van der Waals surface area contributed by atoms with Crippen LogP contribution in [0.5, 0.6) is 0 Å². The third-order valence-electron chi connectivity index (χ3n) is 6.21.